The minimum Gasteiger partial charge on any atom is -0.432 e. The van der Waals surface area contributed by atoms with Gasteiger partial charge in [0.1, 0.15) is 10.4 Å². The first-order chi connectivity index (χ1) is 11.6. The van der Waals surface area contributed by atoms with Crippen LogP contribution in [0.25, 0.3) is 0 Å². The van der Waals surface area contributed by atoms with E-state index in [0.29, 0.717) is 10.6 Å². The molecule has 0 radical (unpaired) electrons. The average molecular weight is 401 g/mol. The summed E-state index contributed by atoms with van der Waals surface area (Å²) in [6.07, 6.45) is 8.56. The van der Waals surface area contributed by atoms with Gasteiger partial charge in [-0.3, -0.25) is 0 Å². The zero-order valence-electron chi connectivity index (χ0n) is 12.5. The van der Waals surface area contributed by atoms with Gasteiger partial charge in [0.05, 0.1) is 24.8 Å². The lowest BCUT2D eigenvalue weighted by molar-refractivity contribution is -0.0503. The third kappa shape index (κ3) is 4.70. The molecule has 1 saturated carbocycles. The average Bonchev–Trinajstić information content (AvgIpc) is 2.98. The zero-order valence-corrected chi connectivity index (χ0v) is 14.1. The van der Waals surface area contributed by atoms with Crippen molar-refractivity contribution in [2.45, 2.75) is 38.0 Å². The molecule has 2 atom stereocenters. The molecule has 0 unspecified atom stereocenters. The number of nitrogens with one attached hydrogen (secondary N) is 2. The molecule has 0 aliphatic heterocycles. The third-order valence-electron chi connectivity index (χ3n) is 3.59. The van der Waals surface area contributed by atoms with Crippen molar-refractivity contribution in [1.29, 1.82) is 0 Å². The van der Waals surface area contributed by atoms with Crippen LogP contribution in [0.1, 0.15) is 19.3 Å². The van der Waals surface area contributed by atoms with Crippen LogP contribution in [0.2, 0.25) is 0 Å². The molecule has 0 saturated heterocycles. The molecule has 2 heterocycles. The number of anilines is 2. The van der Waals surface area contributed by atoms with Gasteiger partial charge in [-0.15, -0.1) is 0 Å². The van der Waals surface area contributed by atoms with Gasteiger partial charge in [-0.1, -0.05) is 0 Å². The topological polar surface area (TPSA) is 84.9 Å². The summed E-state index contributed by atoms with van der Waals surface area (Å²) >= 11 is 3.25. The third-order valence-corrected chi connectivity index (χ3v) is 4.00. The van der Waals surface area contributed by atoms with Gasteiger partial charge in [-0.25, -0.2) is 19.9 Å². The monoisotopic (exact) mass is 400 g/mol. The second kappa shape index (κ2) is 7.65. The molecule has 1 fully saturated rings. The fourth-order valence-corrected chi connectivity index (χ4v) is 2.78. The molecule has 2 aromatic heterocycles. The fourth-order valence-electron chi connectivity index (χ4n) is 2.58. The van der Waals surface area contributed by atoms with E-state index in [1.165, 1.54) is 12.4 Å². The van der Waals surface area contributed by atoms with Crippen LogP contribution in [0.15, 0.2) is 29.4 Å². The Hall–Kier alpha value is -2.10. The van der Waals surface area contributed by atoms with E-state index in [-0.39, 0.29) is 17.8 Å². The summed E-state index contributed by atoms with van der Waals surface area (Å²) in [7, 11) is 0. The second-order valence-electron chi connectivity index (χ2n) is 5.34. The Kier molecular flexibility index (Phi) is 5.34. The lowest BCUT2D eigenvalue weighted by Gasteiger charge is -2.15. The predicted molar refractivity (Wildman–Crippen MR) is 87.1 cm³/mol. The SMILES string of the molecule is FC(F)Oc1cnc(N[C@H]2CC[C@H](Nc3cnc(Br)cn3)C2)nc1. The van der Waals surface area contributed by atoms with Crippen LogP contribution >= 0.6 is 15.9 Å². The van der Waals surface area contributed by atoms with E-state index in [4.69, 9.17) is 0 Å². The standard InChI is InChI=1S/C14H15BrF2N6O/c15-11-6-19-12(7-18-11)22-8-1-2-9(3-8)23-14-20-4-10(5-21-14)24-13(16)17/h4-9,13H,1-3H2,(H,19,22)(H,20,21,23)/t8-,9-/m0/s1. The van der Waals surface area contributed by atoms with Crippen molar-refractivity contribution in [2.24, 2.45) is 0 Å². The van der Waals surface area contributed by atoms with Gasteiger partial charge in [0.25, 0.3) is 0 Å². The molecule has 7 nitrogen and oxygen atoms in total. The smallest absolute Gasteiger partial charge is 0.387 e. The summed E-state index contributed by atoms with van der Waals surface area (Å²) in [6.45, 7) is -2.88. The van der Waals surface area contributed by atoms with Crippen LogP contribution in [-0.4, -0.2) is 38.6 Å². The minimum absolute atomic E-state index is 0.0599. The van der Waals surface area contributed by atoms with Gasteiger partial charge in [0, 0.05) is 12.1 Å². The molecule has 3 rings (SSSR count). The molecule has 0 amide bonds. The van der Waals surface area contributed by atoms with Gasteiger partial charge in [0.2, 0.25) is 5.95 Å². The maximum Gasteiger partial charge on any atom is 0.387 e. The number of hydrogen-bond donors (Lipinski definition) is 2. The van der Waals surface area contributed by atoms with E-state index in [1.807, 2.05) is 0 Å². The first-order valence-corrected chi connectivity index (χ1v) is 8.15. The molecular weight excluding hydrogens is 386 g/mol. The molecule has 128 valence electrons. The van der Waals surface area contributed by atoms with Crippen molar-refractivity contribution in [2.75, 3.05) is 10.6 Å². The molecule has 24 heavy (non-hydrogen) atoms. The Morgan fingerprint density at radius 2 is 1.71 bits per heavy atom. The van der Waals surface area contributed by atoms with Crippen LogP contribution in [0.5, 0.6) is 5.75 Å². The maximum absolute atomic E-state index is 12.1. The van der Waals surface area contributed by atoms with Gasteiger partial charge < -0.3 is 15.4 Å². The Balaban J connectivity index is 1.49. The molecule has 1 aliphatic rings. The molecule has 2 N–H and O–H groups in total. The lowest BCUT2D eigenvalue weighted by Crippen LogP contribution is -2.22. The van der Waals surface area contributed by atoms with E-state index < -0.39 is 6.61 Å². The summed E-state index contributed by atoms with van der Waals surface area (Å²) in [5, 5.41) is 6.53. The van der Waals surface area contributed by atoms with Crippen LogP contribution in [-0.2, 0) is 0 Å². The fraction of sp³-hybridized carbons (Fsp3) is 0.429. The number of hydrogen-bond acceptors (Lipinski definition) is 7. The van der Waals surface area contributed by atoms with Crippen LogP contribution in [0, 0.1) is 0 Å². The molecule has 0 aromatic carbocycles. The highest BCUT2D eigenvalue weighted by molar-refractivity contribution is 9.10. The summed E-state index contributed by atoms with van der Waals surface area (Å²) in [4.78, 5) is 16.3. The van der Waals surface area contributed by atoms with Crippen molar-refractivity contribution in [1.82, 2.24) is 19.9 Å². The number of rotatable bonds is 6. The van der Waals surface area contributed by atoms with Crippen LogP contribution in [0.4, 0.5) is 20.5 Å². The summed E-state index contributed by atoms with van der Waals surface area (Å²) in [5.41, 5.74) is 0. The van der Waals surface area contributed by atoms with Crippen molar-refractivity contribution < 1.29 is 13.5 Å². The highest BCUT2D eigenvalue weighted by Crippen LogP contribution is 2.24. The summed E-state index contributed by atoms with van der Waals surface area (Å²) in [6, 6.07) is 0.479. The number of aromatic nitrogens is 4. The van der Waals surface area contributed by atoms with Gasteiger partial charge in [-0.05, 0) is 35.2 Å². The number of alkyl halides is 2. The van der Waals surface area contributed by atoms with E-state index >= 15 is 0 Å². The number of halogens is 3. The highest BCUT2D eigenvalue weighted by atomic mass is 79.9. The normalized spacial score (nSPS) is 20.2. The number of ether oxygens (including phenoxy) is 1. The Labute approximate surface area is 145 Å². The first kappa shape index (κ1) is 16.7. The Morgan fingerprint density at radius 1 is 1.00 bits per heavy atom. The molecule has 2 aromatic rings. The van der Waals surface area contributed by atoms with Crippen LogP contribution in [0.3, 0.4) is 0 Å². The van der Waals surface area contributed by atoms with Crippen molar-refractivity contribution in [3.05, 3.63) is 29.4 Å². The zero-order chi connectivity index (χ0) is 16.9. The quantitative estimate of drug-likeness (QED) is 0.770. The maximum atomic E-state index is 12.1. The van der Waals surface area contributed by atoms with E-state index in [1.54, 1.807) is 12.4 Å². The summed E-state index contributed by atoms with van der Waals surface area (Å²) < 4.78 is 29.1. The largest absolute Gasteiger partial charge is 0.432 e. The van der Waals surface area contributed by atoms with Gasteiger partial charge >= 0.3 is 6.61 Å². The molecule has 0 spiro atoms. The Morgan fingerprint density at radius 3 is 2.33 bits per heavy atom. The minimum atomic E-state index is -2.88. The molecule has 10 heteroatoms. The predicted octanol–water partition coefficient (Wildman–Crippen LogP) is 3.08. The van der Waals surface area contributed by atoms with E-state index in [0.717, 1.165) is 25.1 Å². The van der Waals surface area contributed by atoms with E-state index in [2.05, 4.69) is 51.2 Å². The molecule has 0 bridgehead atoms. The number of nitrogens with zero attached hydrogens (tertiary/aromatic N) is 4. The van der Waals surface area contributed by atoms with Crippen molar-refractivity contribution in [3.8, 4) is 5.75 Å². The lowest BCUT2D eigenvalue weighted by atomic mass is 10.2. The molecule has 1 aliphatic carbocycles. The summed E-state index contributed by atoms with van der Waals surface area (Å²) in [5.74, 6) is 1.06. The molecular formula is C14H15BrF2N6O. The second-order valence-corrected chi connectivity index (χ2v) is 6.15. The van der Waals surface area contributed by atoms with Gasteiger partial charge in [0.15, 0.2) is 5.75 Å². The van der Waals surface area contributed by atoms with Crippen LogP contribution < -0.4 is 15.4 Å². The van der Waals surface area contributed by atoms with Gasteiger partial charge in [-0.2, -0.15) is 8.78 Å². The van der Waals surface area contributed by atoms with Crippen molar-refractivity contribution in [3.63, 3.8) is 0 Å². The van der Waals surface area contributed by atoms with Crippen molar-refractivity contribution >= 4 is 27.7 Å². The van der Waals surface area contributed by atoms with E-state index in [9.17, 15) is 8.78 Å². The Bertz CT molecular complexity index is 657. The first-order valence-electron chi connectivity index (χ1n) is 7.36. The highest BCUT2D eigenvalue weighted by Gasteiger charge is 2.25.